The van der Waals surface area contributed by atoms with Crippen molar-refractivity contribution < 1.29 is 28.6 Å². The maximum absolute atomic E-state index is 14.0. The summed E-state index contributed by atoms with van der Waals surface area (Å²) in [5, 5.41) is 11.6. The molecule has 0 radical (unpaired) electrons. The molecule has 0 aliphatic carbocycles. The van der Waals surface area contributed by atoms with Crippen LogP contribution in [-0.2, 0) is 0 Å². The van der Waals surface area contributed by atoms with Crippen molar-refractivity contribution in [1.29, 1.82) is 0 Å². The maximum atomic E-state index is 14.0. The number of hydrogen-bond donors (Lipinski definition) is 3. The second-order valence-electron chi connectivity index (χ2n) is 5.92. The number of pyridine rings is 1. The van der Waals surface area contributed by atoms with Gasteiger partial charge in [-0.15, -0.1) is 0 Å². The van der Waals surface area contributed by atoms with Crippen molar-refractivity contribution in [2.24, 2.45) is 5.73 Å². The summed E-state index contributed by atoms with van der Waals surface area (Å²) in [5.41, 5.74) is 5.09. The lowest BCUT2D eigenvalue weighted by Crippen LogP contribution is -2.16. The van der Waals surface area contributed by atoms with E-state index in [0.29, 0.717) is 0 Å². The second kappa shape index (κ2) is 8.66. The number of benzene rings is 2. The molecule has 1 heterocycles. The van der Waals surface area contributed by atoms with Crippen LogP contribution < -0.4 is 20.5 Å². The van der Waals surface area contributed by atoms with Crippen LogP contribution in [-0.4, -0.2) is 29.0 Å². The van der Waals surface area contributed by atoms with Gasteiger partial charge >= 0.3 is 0 Å². The second-order valence-corrected chi connectivity index (χ2v) is 6.30. The third-order valence-corrected chi connectivity index (χ3v) is 4.29. The van der Waals surface area contributed by atoms with Crippen molar-refractivity contribution in [3.8, 4) is 23.0 Å². The number of phenols is 1. The van der Waals surface area contributed by atoms with Crippen molar-refractivity contribution in [3.05, 3.63) is 70.8 Å². The minimum absolute atomic E-state index is 0.0141. The summed E-state index contributed by atoms with van der Waals surface area (Å²) in [5.74, 6) is -2.08. The van der Waals surface area contributed by atoms with E-state index in [1.54, 1.807) is 0 Å². The van der Waals surface area contributed by atoms with Gasteiger partial charge in [0, 0.05) is 6.07 Å². The maximum Gasteiger partial charge on any atom is 0.267 e. The number of rotatable bonds is 6. The predicted molar refractivity (Wildman–Crippen MR) is 107 cm³/mol. The minimum Gasteiger partial charge on any atom is -0.508 e. The topological polar surface area (TPSA) is 124 Å². The normalized spacial score (nSPS) is 10.4. The third kappa shape index (κ3) is 4.41. The number of carbonyl (C=O) groups is 2. The first kappa shape index (κ1) is 20.9. The fourth-order valence-electron chi connectivity index (χ4n) is 2.50. The van der Waals surface area contributed by atoms with Crippen molar-refractivity contribution >= 4 is 29.1 Å². The predicted octanol–water partition coefficient (Wildman–Crippen LogP) is 3.73. The van der Waals surface area contributed by atoms with Crippen molar-refractivity contribution in [2.45, 2.75) is 0 Å². The Balaban J connectivity index is 1.95. The average molecular weight is 432 g/mol. The number of primary amides is 1. The Morgan fingerprint density at radius 3 is 2.50 bits per heavy atom. The summed E-state index contributed by atoms with van der Waals surface area (Å²) in [7, 11) is 1.37. The number of hydrogen-bond acceptors (Lipinski definition) is 6. The van der Waals surface area contributed by atoms with Gasteiger partial charge in [0.15, 0.2) is 11.5 Å². The number of halogens is 2. The van der Waals surface area contributed by atoms with E-state index >= 15 is 0 Å². The zero-order chi connectivity index (χ0) is 21.8. The highest BCUT2D eigenvalue weighted by atomic mass is 35.5. The molecule has 10 heteroatoms. The molecule has 8 nitrogen and oxygen atoms in total. The molecule has 0 spiro atoms. The first-order chi connectivity index (χ1) is 14.3. The highest BCUT2D eigenvalue weighted by Crippen LogP contribution is 2.38. The molecule has 0 saturated heterocycles. The monoisotopic (exact) mass is 431 g/mol. The van der Waals surface area contributed by atoms with Crippen molar-refractivity contribution in [3.63, 3.8) is 0 Å². The number of nitrogens with one attached hydrogen (secondary N) is 1. The van der Waals surface area contributed by atoms with Crippen LogP contribution in [0.2, 0.25) is 5.02 Å². The molecule has 0 aliphatic rings. The lowest BCUT2D eigenvalue weighted by molar-refractivity contribution is 0.0994. The zero-order valence-corrected chi connectivity index (χ0v) is 16.2. The first-order valence-electron chi connectivity index (χ1n) is 8.40. The quantitative estimate of drug-likeness (QED) is 0.546. The Kier molecular flexibility index (Phi) is 6.03. The average Bonchev–Trinajstić information content (AvgIpc) is 2.72. The fourth-order valence-corrected chi connectivity index (χ4v) is 2.74. The summed E-state index contributed by atoms with van der Waals surface area (Å²) >= 11 is 6.03. The summed E-state index contributed by atoms with van der Waals surface area (Å²) in [4.78, 5) is 27.7. The van der Waals surface area contributed by atoms with Crippen LogP contribution in [0.25, 0.3) is 0 Å². The van der Waals surface area contributed by atoms with Gasteiger partial charge < -0.3 is 25.6 Å². The number of ether oxygens (including phenoxy) is 2. The van der Waals surface area contributed by atoms with Crippen LogP contribution in [0.3, 0.4) is 0 Å². The molecule has 0 bridgehead atoms. The lowest BCUT2D eigenvalue weighted by Gasteiger charge is -2.15. The Labute approximate surface area is 175 Å². The first-order valence-corrected chi connectivity index (χ1v) is 8.78. The molecular weight excluding hydrogens is 417 g/mol. The number of amides is 2. The van der Waals surface area contributed by atoms with Gasteiger partial charge in [0.25, 0.3) is 11.8 Å². The molecule has 0 saturated carbocycles. The number of phenolic OH excluding ortho intramolecular Hbond substituents is 1. The molecule has 2 amide bonds. The van der Waals surface area contributed by atoms with Gasteiger partial charge in [-0.1, -0.05) is 11.6 Å². The van der Waals surface area contributed by atoms with Crippen LogP contribution in [0.5, 0.6) is 23.0 Å². The van der Waals surface area contributed by atoms with Gasteiger partial charge in [0.2, 0.25) is 0 Å². The molecule has 0 fully saturated rings. The van der Waals surface area contributed by atoms with Gasteiger partial charge in [0.05, 0.1) is 24.0 Å². The molecular formula is C20H15ClFN3O5. The Morgan fingerprint density at radius 1 is 1.13 bits per heavy atom. The number of carbonyl (C=O) groups excluding carboxylic acids is 2. The van der Waals surface area contributed by atoms with Gasteiger partial charge in [-0.25, -0.2) is 9.37 Å². The van der Waals surface area contributed by atoms with Crippen molar-refractivity contribution in [1.82, 2.24) is 4.98 Å². The van der Waals surface area contributed by atoms with E-state index < -0.39 is 22.7 Å². The Bertz CT molecular complexity index is 1120. The molecule has 1 aromatic heterocycles. The van der Waals surface area contributed by atoms with Gasteiger partial charge in [0.1, 0.15) is 28.6 Å². The van der Waals surface area contributed by atoms with E-state index in [-0.39, 0.29) is 39.9 Å². The standard InChI is InChI=1S/C20H15ClFN3O5/c1-29-16-8-11(26)3-6-14(16)30-15-7-4-12(22)18(21)17(15)20(28)25-10-2-5-13(19(23)27)24-9-10/h2-9,26H,1H3,(H2,23,27)(H,25,28). The highest BCUT2D eigenvalue weighted by Gasteiger charge is 2.22. The van der Waals surface area contributed by atoms with E-state index in [4.69, 9.17) is 26.8 Å². The van der Waals surface area contributed by atoms with Gasteiger partial charge in [-0.3, -0.25) is 9.59 Å². The van der Waals surface area contributed by atoms with Gasteiger partial charge in [-0.05, 0) is 36.4 Å². The molecule has 0 unspecified atom stereocenters. The van der Waals surface area contributed by atoms with E-state index in [9.17, 15) is 19.1 Å². The zero-order valence-electron chi connectivity index (χ0n) is 15.5. The Morgan fingerprint density at radius 2 is 1.87 bits per heavy atom. The van der Waals surface area contributed by atoms with E-state index in [2.05, 4.69) is 10.3 Å². The molecule has 3 aromatic rings. The summed E-state index contributed by atoms with van der Waals surface area (Å²) in [6.45, 7) is 0. The minimum atomic E-state index is -0.825. The summed E-state index contributed by atoms with van der Waals surface area (Å²) < 4.78 is 24.9. The lowest BCUT2D eigenvalue weighted by atomic mass is 10.1. The van der Waals surface area contributed by atoms with Crippen molar-refractivity contribution in [2.75, 3.05) is 12.4 Å². The van der Waals surface area contributed by atoms with Crippen LogP contribution in [0, 0.1) is 5.82 Å². The smallest absolute Gasteiger partial charge is 0.267 e. The van der Waals surface area contributed by atoms with Crippen LogP contribution >= 0.6 is 11.6 Å². The van der Waals surface area contributed by atoms with Crippen LogP contribution in [0.4, 0.5) is 10.1 Å². The Hall–Kier alpha value is -3.85. The number of aromatic nitrogens is 1. The summed E-state index contributed by atoms with van der Waals surface area (Å²) in [6, 6.07) is 9.09. The highest BCUT2D eigenvalue weighted by molar-refractivity contribution is 6.35. The molecule has 4 N–H and O–H groups in total. The largest absolute Gasteiger partial charge is 0.508 e. The van der Waals surface area contributed by atoms with Crippen LogP contribution in [0.15, 0.2) is 48.7 Å². The molecule has 154 valence electrons. The number of methoxy groups -OCH3 is 1. The molecule has 30 heavy (non-hydrogen) atoms. The fraction of sp³-hybridized carbons (Fsp3) is 0.0500. The summed E-state index contributed by atoms with van der Waals surface area (Å²) in [6.07, 6.45) is 1.22. The van der Waals surface area contributed by atoms with Crippen LogP contribution in [0.1, 0.15) is 20.8 Å². The number of nitrogens with two attached hydrogens (primary N) is 1. The van der Waals surface area contributed by atoms with Gasteiger partial charge in [-0.2, -0.15) is 0 Å². The molecule has 3 rings (SSSR count). The van der Waals surface area contributed by atoms with E-state index in [1.807, 2.05) is 0 Å². The molecule has 0 atom stereocenters. The number of nitrogens with zero attached hydrogens (tertiary/aromatic N) is 1. The van der Waals surface area contributed by atoms with E-state index in [0.717, 1.165) is 6.07 Å². The SMILES string of the molecule is COc1cc(O)ccc1Oc1ccc(F)c(Cl)c1C(=O)Nc1ccc(C(N)=O)nc1. The third-order valence-electron chi connectivity index (χ3n) is 3.92. The number of anilines is 1. The van der Waals surface area contributed by atoms with E-state index in [1.165, 1.54) is 49.7 Å². The molecule has 2 aromatic carbocycles. The molecule has 0 aliphatic heterocycles. The number of aromatic hydroxyl groups is 1.